The van der Waals surface area contributed by atoms with Crippen LogP contribution < -0.4 is 0 Å². The Morgan fingerprint density at radius 2 is 1.15 bits per heavy atom. The number of furan rings is 1. The lowest BCUT2D eigenvalue weighted by molar-refractivity contribution is 0.621. The van der Waals surface area contributed by atoms with Gasteiger partial charge in [0.1, 0.15) is 11.1 Å². The van der Waals surface area contributed by atoms with Crippen molar-refractivity contribution in [2.75, 3.05) is 0 Å². The summed E-state index contributed by atoms with van der Waals surface area (Å²) in [7, 11) is 0. The maximum Gasteiger partial charge on any atom is 0.227 e. The zero-order valence-electron chi connectivity index (χ0n) is 21.9. The molecule has 9 aromatic rings. The molecule has 4 nitrogen and oxygen atoms in total. The van der Waals surface area contributed by atoms with E-state index >= 15 is 0 Å². The van der Waals surface area contributed by atoms with E-state index in [0.29, 0.717) is 5.89 Å². The van der Waals surface area contributed by atoms with Gasteiger partial charge in [0.25, 0.3) is 0 Å². The standard InChI is InChI=1S/C37H22N2O2/c1-2-11-23(12-3-1)37-38-29-18-8-16-27(35(29)41-37)26-15-10-22-33-34(26)28-17-9-21-32(36(28)40-33)39-30-19-6-4-13-24(30)25-14-5-7-20-31(25)39/h1-22H. The molecule has 0 bridgehead atoms. The molecule has 0 radical (unpaired) electrons. The summed E-state index contributed by atoms with van der Waals surface area (Å²) in [5, 5.41) is 4.58. The summed E-state index contributed by atoms with van der Waals surface area (Å²) in [6.45, 7) is 0. The summed E-state index contributed by atoms with van der Waals surface area (Å²) in [6.07, 6.45) is 0. The molecule has 0 aliphatic heterocycles. The first-order chi connectivity index (χ1) is 20.3. The molecule has 3 heterocycles. The van der Waals surface area contributed by atoms with Gasteiger partial charge in [-0.25, -0.2) is 4.98 Å². The van der Waals surface area contributed by atoms with Crippen LogP contribution in [0.3, 0.4) is 0 Å². The molecule has 41 heavy (non-hydrogen) atoms. The van der Waals surface area contributed by atoms with Gasteiger partial charge in [0.05, 0.1) is 16.7 Å². The van der Waals surface area contributed by atoms with Crippen LogP contribution in [-0.4, -0.2) is 9.55 Å². The average Bonchev–Trinajstić information content (AvgIpc) is 3.73. The lowest BCUT2D eigenvalue weighted by Crippen LogP contribution is -1.94. The minimum absolute atomic E-state index is 0.617. The zero-order valence-corrected chi connectivity index (χ0v) is 21.9. The molecule has 9 rings (SSSR count). The molecule has 0 fully saturated rings. The number of fused-ring (bicyclic) bond motifs is 7. The van der Waals surface area contributed by atoms with Gasteiger partial charge in [-0.15, -0.1) is 0 Å². The second-order valence-corrected chi connectivity index (χ2v) is 10.3. The van der Waals surface area contributed by atoms with E-state index in [1.165, 1.54) is 10.8 Å². The van der Waals surface area contributed by atoms with Gasteiger partial charge in [0, 0.05) is 32.7 Å². The number of para-hydroxylation sites is 4. The summed E-state index contributed by atoms with van der Waals surface area (Å²) in [5.74, 6) is 0.617. The summed E-state index contributed by atoms with van der Waals surface area (Å²) in [4.78, 5) is 4.81. The Bertz CT molecular complexity index is 2370. The van der Waals surface area contributed by atoms with Crippen LogP contribution in [0.25, 0.3) is 83.1 Å². The molecule has 192 valence electrons. The fourth-order valence-corrected chi connectivity index (χ4v) is 6.28. The van der Waals surface area contributed by atoms with E-state index in [0.717, 1.165) is 66.4 Å². The van der Waals surface area contributed by atoms with Gasteiger partial charge in [0.15, 0.2) is 11.2 Å². The molecule has 0 aliphatic carbocycles. The molecular formula is C37H22N2O2. The van der Waals surface area contributed by atoms with Crippen molar-refractivity contribution in [1.29, 1.82) is 0 Å². The molecule has 3 aromatic heterocycles. The normalized spacial score (nSPS) is 11.9. The van der Waals surface area contributed by atoms with Gasteiger partial charge in [0.2, 0.25) is 5.89 Å². The topological polar surface area (TPSA) is 44.1 Å². The van der Waals surface area contributed by atoms with E-state index in [1.807, 2.05) is 54.6 Å². The predicted octanol–water partition coefficient (Wildman–Crippen LogP) is 10.2. The fraction of sp³-hybridized carbons (Fsp3) is 0. The first kappa shape index (κ1) is 22.2. The number of hydrogen-bond donors (Lipinski definition) is 0. The van der Waals surface area contributed by atoms with Crippen molar-refractivity contribution in [3.05, 3.63) is 133 Å². The molecular weight excluding hydrogens is 504 g/mol. The second-order valence-electron chi connectivity index (χ2n) is 10.3. The molecule has 0 unspecified atom stereocenters. The molecule has 6 aromatic carbocycles. The Kier molecular flexibility index (Phi) is 4.58. The summed E-state index contributed by atoms with van der Waals surface area (Å²) in [5.41, 5.74) is 9.63. The average molecular weight is 527 g/mol. The molecule has 0 saturated carbocycles. The third-order valence-electron chi connectivity index (χ3n) is 8.05. The molecule has 4 heteroatoms. The monoisotopic (exact) mass is 526 g/mol. The predicted molar refractivity (Wildman–Crippen MR) is 166 cm³/mol. The minimum Gasteiger partial charge on any atom is -0.454 e. The Morgan fingerprint density at radius 1 is 0.488 bits per heavy atom. The first-order valence-electron chi connectivity index (χ1n) is 13.7. The fourth-order valence-electron chi connectivity index (χ4n) is 6.28. The van der Waals surface area contributed by atoms with Crippen molar-refractivity contribution in [2.45, 2.75) is 0 Å². The molecule has 0 spiro atoms. The van der Waals surface area contributed by atoms with Gasteiger partial charge in [-0.05, 0) is 48.0 Å². The van der Waals surface area contributed by atoms with E-state index < -0.39 is 0 Å². The number of hydrogen-bond acceptors (Lipinski definition) is 3. The maximum absolute atomic E-state index is 6.69. The van der Waals surface area contributed by atoms with E-state index in [1.54, 1.807) is 0 Å². The Labute approximate surface area is 234 Å². The van der Waals surface area contributed by atoms with Crippen molar-refractivity contribution >= 4 is 54.8 Å². The van der Waals surface area contributed by atoms with Crippen LogP contribution in [0.1, 0.15) is 0 Å². The van der Waals surface area contributed by atoms with Gasteiger partial charge >= 0.3 is 0 Å². The lowest BCUT2D eigenvalue weighted by Gasteiger charge is -2.08. The van der Waals surface area contributed by atoms with Crippen LogP contribution >= 0.6 is 0 Å². The van der Waals surface area contributed by atoms with Crippen LogP contribution in [0.5, 0.6) is 0 Å². The highest BCUT2D eigenvalue weighted by molar-refractivity contribution is 6.17. The van der Waals surface area contributed by atoms with E-state index in [9.17, 15) is 0 Å². The lowest BCUT2D eigenvalue weighted by atomic mass is 9.98. The van der Waals surface area contributed by atoms with Crippen LogP contribution in [0, 0.1) is 0 Å². The summed E-state index contributed by atoms with van der Waals surface area (Å²) >= 11 is 0. The highest BCUT2D eigenvalue weighted by atomic mass is 16.3. The molecule has 0 amide bonds. The van der Waals surface area contributed by atoms with Crippen molar-refractivity contribution in [2.24, 2.45) is 0 Å². The Balaban J connectivity index is 1.33. The largest absolute Gasteiger partial charge is 0.454 e. The molecule has 0 atom stereocenters. The van der Waals surface area contributed by atoms with Crippen LogP contribution in [0.2, 0.25) is 0 Å². The highest BCUT2D eigenvalue weighted by Crippen LogP contribution is 2.43. The highest BCUT2D eigenvalue weighted by Gasteiger charge is 2.21. The van der Waals surface area contributed by atoms with Crippen LogP contribution in [0.4, 0.5) is 0 Å². The van der Waals surface area contributed by atoms with Crippen molar-refractivity contribution < 1.29 is 8.83 Å². The van der Waals surface area contributed by atoms with Crippen molar-refractivity contribution in [3.63, 3.8) is 0 Å². The van der Waals surface area contributed by atoms with Crippen LogP contribution in [-0.2, 0) is 0 Å². The van der Waals surface area contributed by atoms with Gasteiger partial charge in [-0.2, -0.15) is 0 Å². The minimum atomic E-state index is 0.617. The van der Waals surface area contributed by atoms with Gasteiger partial charge in [-0.1, -0.05) is 91.0 Å². The van der Waals surface area contributed by atoms with Crippen molar-refractivity contribution in [3.8, 4) is 28.3 Å². The molecule has 0 saturated heterocycles. The maximum atomic E-state index is 6.69. The number of oxazole rings is 1. The number of aromatic nitrogens is 2. The molecule has 0 aliphatic rings. The van der Waals surface area contributed by atoms with Gasteiger partial charge < -0.3 is 13.4 Å². The van der Waals surface area contributed by atoms with E-state index in [2.05, 4.69) is 83.4 Å². The first-order valence-corrected chi connectivity index (χ1v) is 13.7. The third kappa shape index (κ3) is 3.19. The summed E-state index contributed by atoms with van der Waals surface area (Å²) in [6, 6.07) is 45.9. The second kappa shape index (κ2) is 8.44. The Hall–Kier alpha value is -5.61. The number of benzene rings is 6. The molecule has 0 N–H and O–H groups in total. The van der Waals surface area contributed by atoms with E-state index in [-0.39, 0.29) is 0 Å². The van der Waals surface area contributed by atoms with Crippen LogP contribution in [0.15, 0.2) is 142 Å². The third-order valence-corrected chi connectivity index (χ3v) is 8.05. The summed E-state index contributed by atoms with van der Waals surface area (Å²) < 4.78 is 15.4. The van der Waals surface area contributed by atoms with Crippen molar-refractivity contribution in [1.82, 2.24) is 9.55 Å². The smallest absolute Gasteiger partial charge is 0.227 e. The van der Waals surface area contributed by atoms with E-state index in [4.69, 9.17) is 13.8 Å². The number of rotatable bonds is 3. The quantitative estimate of drug-likeness (QED) is 0.230. The van der Waals surface area contributed by atoms with Gasteiger partial charge in [-0.3, -0.25) is 0 Å². The SMILES string of the molecule is c1ccc(-c2nc3cccc(-c4cccc5oc6c(-n7c8ccccc8c8ccccc87)cccc6c45)c3o2)cc1. The Morgan fingerprint density at radius 3 is 1.95 bits per heavy atom. The zero-order chi connectivity index (χ0) is 26.9. The number of nitrogens with zero attached hydrogens (tertiary/aromatic N) is 2.